The van der Waals surface area contributed by atoms with Gasteiger partial charge in [-0.2, -0.15) is 0 Å². The van der Waals surface area contributed by atoms with Crippen molar-refractivity contribution in [2.45, 2.75) is 6.36 Å². The molecule has 1 saturated heterocycles. The number of nitro benzene ring substituents is 1. The lowest BCUT2D eigenvalue weighted by Gasteiger charge is -2.30. The van der Waals surface area contributed by atoms with E-state index in [1.165, 1.54) is 6.07 Å². The predicted molar refractivity (Wildman–Crippen MR) is 121 cm³/mol. The fraction of sp³-hybridized carbons (Fsp3) is 0.318. The van der Waals surface area contributed by atoms with Gasteiger partial charge in [-0.15, -0.1) is 13.2 Å². The highest BCUT2D eigenvalue weighted by Gasteiger charge is 2.33. The predicted octanol–water partition coefficient (Wildman–Crippen LogP) is 5.17. The summed E-state index contributed by atoms with van der Waals surface area (Å²) in [6, 6.07) is 11.8. The molecule has 0 spiro atoms. The Balaban J connectivity index is 1.76. The third kappa shape index (κ3) is 5.66. The normalized spacial score (nSPS) is 14.8. The van der Waals surface area contributed by atoms with Crippen LogP contribution in [0.3, 0.4) is 0 Å². The number of nitrogens with zero attached hydrogens (tertiary/aromatic N) is 4. The second-order valence-corrected chi connectivity index (χ2v) is 7.95. The zero-order valence-electron chi connectivity index (χ0n) is 17.8. The summed E-state index contributed by atoms with van der Waals surface area (Å²) < 4.78 is 47.3. The minimum Gasteiger partial charge on any atom is -0.406 e. The first-order valence-corrected chi connectivity index (χ1v) is 10.8. The number of hydrogen-bond acceptors (Lipinski definition) is 7. The first-order chi connectivity index (χ1) is 16.2. The van der Waals surface area contributed by atoms with Gasteiger partial charge < -0.3 is 14.4 Å². The summed E-state index contributed by atoms with van der Waals surface area (Å²) in [4.78, 5) is 19.4. The number of para-hydroxylation sites is 1. The van der Waals surface area contributed by atoms with Crippen LogP contribution in [0, 0.1) is 10.1 Å². The Morgan fingerprint density at radius 2 is 1.94 bits per heavy atom. The summed E-state index contributed by atoms with van der Waals surface area (Å²) in [6.45, 7) is 3.38. The average molecular weight is 497 g/mol. The van der Waals surface area contributed by atoms with Gasteiger partial charge in [0.2, 0.25) is 0 Å². The molecule has 4 rings (SSSR count). The molecule has 0 saturated carbocycles. The third-order valence-corrected chi connectivity index (χ3v) is 5.65. The lowest BCUT2D eigenvalue weighted by molar-refractivity contribution is -0.384. The molecule has 2 aromatic carbocycles. The molecule has 180 valence electrons. The van der Waals surface area contributed by atoms with Crippen molar-refractivity contribution >= 4 is 39.7 Å². The first-order valence-electron chi connectivity index (χ1n) is 10.4. The number of alkyl halides is 3. The Bertz CT molecular complexity index is 1190. The summed E-state index contributed by atoms with van der Waals surface area (Å²) in [7, 11) is 0. The van der Waals surface area contributed by atoms with Crippen LogP contribution in [0.1, 0.15) is 0 Å². The molecule has 0 amide bonds. The zero-order valence-corrected chi connectivity index (χ0v) is 18.6. The third-order valence-electron chi connectivity index (χ3n) is 5.34. The minimum absolute atomic E-state index is 0.0895. The van der Waals surface area contributed by atoms with Gasteiger partial charge in [0.05, 0.1) is 34.7 Å². The van der Waals surface area contributed by atoms with E-state index in [0.717, 1.165) is 17.5 Å². The smallest absolute Gasteiger partial charge is 0.406 e. The Morgan fingerprint density at radius 3 is 2.65 bits per heavy atom. The van der Waals surface area contributed by atoms with Crippen LogP contribution in [-0.2, 0) is 4.74 Å². The fourth-order valence-corrected chi connectivity index (χ4v) is 3.97. The van der Waals surface area contributed by atoms with Crippen LogP contribution in [0.5, 0.6) is 5.75 Å². The van der Waals surface area contributed by atoms with E-state index in [1.807, 2.05) is 6.07 Å². The van der Waals surface area contributed by atoms with Crippen molar-refractivity contribution < 1.29 is 27.6 Å². The van der Waals surface area contributed by atoms with Crippen LogP contribution in [0.2, 0.25) is 5.02 Å². The van der Waals surface area contributed by atoms with Crippen molar-refractivity contribution in [2.75, 3.05) is 44.3 Å². The van der Waals surface area contributed by atoms with Crippen LogP contribution in [-0.4, -0.2) is 60.6 Å². The minimum atomic E-state index is -4.97. The van der Waals surface area contributed by atoms with Gasteiger partial charge in [-0.1, -0.05) is 23.7 Å². The fourth-order valence-electron chi connectivity index (χ4n) is 3.75. The number of pyridine rings is 1. The maximum absolute atomic E-state index is 12.7. The van der Waals surface area contributed by atoms with Crippen molar-refractivity contribution in [3.63, 3.8) is 0 Å². The van der Waals surface area contributed by atoms with Crippen LogP contribution in [0.25, 0.3) is 10.9 Å². The molecule has 0 aliphatic carbocycles. The molecule has 3 aromatic rings. The van der Waals surface area contributed by atoms with Gasteiger partial charge in [0.1, 0.15) is 17.3 Å². The number of benzene rings is 2. The molecule has 0 bridgehead atoms. The maximum Gasteiger partial charge on any atom is 0.573 e. The maximum atomic E-state index is 12.7. The Hall–Kier alpha value is -3.15. The molecule has 1 aromatic heterocycles. The monoisotopic (exact) mass is 496 g/mol. The zero-order chi connectivity index (χ0) is 24.3. The van der Waals surface area contributed by atoms with E-state index < -0.39 is 22.7 Å². The van der Waals surface area contributed by atoms with Gasteiger partial charge in [-0.3, -0.25) is 15.0 Å². The van der Waals surface area contributed by atoms with Crippen LogP contribution < -0.4 is 9.64 Å². The number of ether oxygens (including phenoxy) is 2. The number of fused-ring (bicyclic) bond motifs is 1. The molecule has 0 atom stereocenters. The number of hydrogen-bond donors (Lipinski definition) is 0. The van der Waals surface area contributed by atoms with Crippen molar-refractivity contribution in [1.82, 2.24) is 9.88 Å². The van der Waals surface area contributed by atoms with Gasteiger partial charge >= 0.3 is 6.36 Å². The van der Waals surface area contributed by atoms with E-state index in [9.17, 15) is 23.3 Å². The van der Waals surface area contributed by atoms with Gasteiger partial charge in [-0.25, -0.2) is 4.98 Å². The number of halogens is 4. The average Bonchev–Trinajstić information content (AvgIpc) is 2.80. The quantitative estimate of drug-likeness (QED) is 0.330. The number of morpholine rings is 1. The molecule has 1 aliphatic rings. The molecule has 12 heteroatoms. The van der Waals surface area contributed by atoms with E-state index in [2.05, 4.69) is 14.6 Å². The van der Waals surface area contributed by atoms with Gasteiger partial charge in [-0.05, 0) is 30.3 Å². The number of nitro groups is 1. The summed E-state index contributed by atoms with van der Waals surface area (Å²) in [5, 5.41) is 13.0. The summed E-state index contributed by atoms with van der Waals surface area (Å²) in [6.07, 6.45) is -4.97. The van der Waals surface area contributed by atoms with E-state index in [4.69, 9.17) is 16.3 Å². The van der Waals surface area contributed by atoms with Gasteiger partial charge in [0.15, 0.2) is 0 Å². The van der Waals surface area contributed by atoms with Gasteiger partial charge in [0, 0.05) is 31.6 Å². The lowest BCUT2D eigenvalue weighted by atomic mass is 10.2. The molecule has 1 fully saturated rings. The van der Waals surface area contributed by atoms with Crippen LogP contribution in [0.15, 0.2) is 48.5 Å². The van der Waals surface area contributed by atoms with Crippen molar-refractivity contribution in [3.05, 3.63) is 63.7 Å². The highest BCUT2D eigenvalue weighted by molar-refractivity contribution is 6.35. The molecule has 1 aliphatic heterocycles. The molecule has 2 heterocycles. The largest absolute Gasteiger partial charge is 0.573 e. The Morgan fingerprint density at radius 1 is 1.18 bits per heavy atom. The Labute approximate surface area is 197 Å². The van der Waals surface area contributed by atoms with E-state index in [1.54, 1.807) is 29.2 Å². The molecule has 0 unspecified atom stereocenters. The van der Waals surface area contributed by atoms with Crippen molar-refractivity contribution in [1.29, 1.82) is 0 Å². The molecule has 0 radical (unpaired) electrons. The number of rotatable bonds is 7. The molecule has 34 heavy (non-hydrogen) atoms. The number of aromatic nitrogens is 1. The first kappa shape index (κ1) is 24.0. The molecular formula is C22H20ClF3N4O4. The van der Waals surface area contributed by atoms with E-state index in [-0.39, 0.29) is 5.69 Å². The van der Waals surface area contributed by atoms with Crippen LogP contribution in [0.4, 0.5) is 30.4 Å². The van der Waals surface area contributed by atoms with Gasteiger partial charge in [0.25, 0.3) is 5.69 Å². The highest BCUT2D eigenvalue weighted by atomic mass is 35.5. The lowest BCUT2D eigenvalue weighted by Crippen LogP contribution is -2.40. The topological polar surface area (TPSA) is 81.0 Å². The molecule has 8 nitrogen and oxygen atoms in total. The summed E-state index contributed by atoms with van der Waals surface area (Å²) >= 11 is 6.31. The standard InChI is InChI=1S/C22H20ClF3N4O4/c23-17-3-1-2-15-4-7-20(27-21(15)17)29(9-8-28-10-12-33-13-11-28)18-6-5-16(34-22(24,25)26)14-19(18)30(31)32/h1-7,14H,8-13H2. The van der Waals surface area contributed by atoms with Crippen molar-refractivity contribution in [2.24, 2.45) is 0 Å². The number of anilines is 2. The van der Waals surface area contributed by atoms with Crippen LogP contribution >= 0.6 is 11.6 Å². The molecule has 0 N–H and O–H groups in total. The second-order valence-electron chi connectivity index (χ2n) is 7.54. The highest BCUT2D eigenvalue weighted by Crippen LogP contribution is 2.38. The SMILES string of the molecule is O=[N+]([O-])c1cc(OC(F)(F)F)ccc1N(CCN1CCOCC1)c1ccc2cccc(Cl)c2n1. The summed E-state index contributed by atoms with van der Waals surface area (Å²) in [5.74, 6) is -0.299. The summed E-state index contributed by atoms with van der Waals surface area (Å²) in [5.41, 5.74) is 0.0641. The Kier molecular flexibility index (Phi) is 7.05. The molecular weight excluding hydrogens is 477 g/mol. The van der Waals surface area contributed by atoms with E-state index in [0.29, 0.717) is 55.7 Å². The van der Waals surface area contributed by atoms with Crippen molar-refractivity contribution in [3.8, 4) is 5.75 Å². The second kappa shape index (κ2) is 10.00. The van der Waals surface area contributed by atoms with E-state index >= 15 is 0 Å².